The van der Waals surface area contributed by atoms with Crippen molar-refractivity contribution < 1.29 is 23.1 Å². The summed E-state index contributed by atoms with van der Waals surface area (Å²) in [6.45, 7) is 0. The maximum absolute atomic E-state index is 13.6. The van der Waals surface area contributed by atoms with Crippen LogP contribution in [0, 0.1) is 5.82 Å². The number of benzene rings is 1. The lowest BCUT2D eigenvalue weighted by Crippen LogP contribution is -2.06. The Bertz CT molecular complexity index is 617. The van der Waals surface area contributed by atoms with Crippen LogP contribution in [0.15, 0.2) is 22.9 Å². The van der Waals surface area contributed by atoms with E-state index in [0.717, 1.165) is 17.4 Å². The van der Waals surface area contributed by atoms with E-state index in [2.05, 4.69) is 0 Å². The van der Waals surface area contributed by atoms with Gasteiger partial charge in [-0.05, 0) is 23.1 Å². The molecule has 0 unspecified atom stereocenters. The zero-order valence-electron chi connectivity index (χ0n) is 9.36. The SMILES string of the molecule is Nc1cc(-c2cscc2C(F)F)cc(F)c1C(=O)O. The molecule has 3 nitrogen and oxygen atoms in total. The molecule has 0 aliphatic heterocycles. The first kappa shape index (κ1) is 13.4. The Hall–Kier alpha value is -2.02. The molecule has 19 heavy (non-hydrogen) atoms. The predicted octanol–water partition coefficient (Wildman–Crippen LogP) is 3.77. The molecule has 0 spiro atoms. The quantitative estimate of drug-likeness (QED) is 0.844. The third kappa shape index (κ3) is 2.41. The van der Waals surface area contributed by atoms with Crippen molar-refractivity contribution in [1.29, 1.82) is 0 Å². The molecule has 2 aromatic rings. The van der Waals surface area contributed by atoms with Gasteiger partial charge in [-0.25, -0.2) is 18.0 Å². The zero-order valence-corrected chi connectivity index (χ0v) is 10.2. The summed E-state index contributed by atoms with van der Waals surface area (Å²) in [7, 11) is 0. The molecule has 0 radical (unpaired) electrons. The lowest BCUT2D eigenvalue weighted by molar-refractivity contribution is 0.0693. The van der Waals surface area contributed by atoms with Crippen LogP contribution in [0.5, 0.6) is 0 Å². The van der Waals surface area contributed by atoms with E-state index in [1.165, 1.54) is 16.8 Å². The average Bonchev–Trinajstić information content (AvgIpc) is 2.75. The minimum atomic E-state index is -2.69. The van der Waals surface area contributed by atoms with Crippen LogP contribution in [0.1, 0.15) is 22.3 Å². The van der Waals surface area contributed by atoms with Crippen molar-refractivity contribution in [3.63, 3.8) is 0 Å². The van der Waals surface area contributed by atoms with Gasteiger partial charge in [0.15, 0.2) is 0 Å². The Morgan fingerprint density at radius 3 is 2.53 bits per heavy atom. The molecule has 0 aliphatic rings. The van der Waals surface area contributed by atoms with Crippen LogP contribution in [-0.2, 0) is 0 Å². The highest BCUT2D eigenvalue weighted by molar-refractivity contribution is 7.08. The summed E-state index contributed by atoms with van der Waals surface area (Å²) in [6.07, 6.45) is -2.69. The summed E-state index contributed by atoms with van der Waals surface area (Å²) < 4.78 is 39.1. The second-order valence-corrected chi connectivity index (χ2v) is 4.51. The molecule has 0 saturated carbocycles. The Kier molecular flexibility index (Phi) is 3.48. The molecule has 1 heterocycles. The van der Waals surface area contributed by atoms with Crippen LogP contribution >= 0.6 is 11.3 Å². The zero-order chi connectivity index (χ0) is 14.2. The number of anilines is 1. The van der Waals surface area contributed by atoms with Crippen LogP contribution in [0.25, 0.3) is 11.1 Å². The number of aromatic carboxylic acids is 1. The Balaban J connectivity index is 2.59. The first-order chi connectivity index (χ1) is 8.91. The lowest BCUT2D eigenvalue weighted by Gasteiger charge is -2.08. The highest BCUT2D eigenvalue weighted by Crippen LogP contribution is 2.36. The van der Waals surface area contributed by atoms with Crippen molar-refractivity contribution in [3.8, 4) is 11.1 Å². The van der Waals surface area contributed by atoms with E-state index in [-0.39, 0.29) is 22.4 Å². The van der Waals surface area contributed by atoms with Gasteiger partial charge in [0.05, 0.1) is 0 Å². The number of carbonyl (C=O) groups is 1. The molecule has 0 fully saturated rings. The minimum Gasteiger partial charge on any atom is -0.478 e. The number of hydrogen-bond donors (Lipinski definition) is 2. The fourth-order valence-corrected chi connectivity index (χ4v) is 2.57. The van der Waals surface area contributed by atoms with E-state index in [9.17, 15) is 18.0 Å². The van der Waals surface area contributed by atoms with Crippen LogP contribution in [0.4, 0.5) is 18.9 Å². The maximum Gasteiger partial charge on any atom is 0.340 e. The van der Waals surface area contributed by atoms with Crippen LogP contribution in [0.3, 0.4) is 0 Å². The molecular weight excluding hydrogens is 279 g/mol. The van der Waals surface area contributed by atoms with E-state index in [1.54, 1.807) is 0 Å². The fourth-order valence-electron chi connectivity index (χ4n) is 1.72. The van der Waals surface area contributed by atoms with Gasteiger partial charge in [-0.15, -0.1) is 0 Å². The van der Waals surface area contributed by atoms with Crippen molar-refractivity contribution in [2.24, 2.45) is 0 Å². The molecule has 0 amide bonds. The second-order valence-electron chi connectivity index (χ2n) is 3.77. The smallest absolute Gasteiger partial charge is 0.340 e. The van der Waals surface area contributed by atoms with Crippen molar-refractivity contribution >= 4 is 23.0 Å². The first-order valence-corrected chi connectivity index (χ1v) is 6.03. The average molecular weight is 287 g/mol. The molecule has 0 bridgehead atoms. The highest BCUT2D eigenvalue weighted by Gasteiger charge is 2.20. The number of hydrogen-bond acceptors (Lipinski definition) is 3. The number of halogens is 3. The number of alkyl halides is 2. The van der Waals surface area contributed by atoms with Crippen molar-refractivity contribution in [1.82, 2.24) is 0 Å². The topological polar surface area (TPSA) is 63.3 Å². The molecule has 0 aliphatic carbocycles. The van der Waals surface area contributed by atoms with Gasteiger partial charge in [-0.3, -0.25) is 0 Å². The number of carboxylic acids is 1. The normalized spacial score (nSPS) is 10.9. The summed E-state index contributed by atoms with van der Waals surface area (Å²) in [6, 6.07) is 2.08. The van der Waals surface area contributed by atoms with E-state index >= 15 is 0 Å². The Labute approximate surface area is 110 Å². The van der Waals surface area contributed by atoms with Gasteiger partial charge < -0.3 is 10.8 Å². The first-order valence-electron chi connectivity index (χ1n) is 5.08. The van der Waals surface area contributed by atoms with E-state index in [0.29, 0.717) is 0 Å². The Morgan fingerprint density at radius 1 is 1.32 bits per heavy atom. The van der Waals surface area contributed by atoms with Crippen molar-refractivity contribution in [3.05, 3.63) is 39.8 Å². The minimum absolute atomic E-state index is 0.136. The summed E-state index contributed by atoms with van der Waals surface area (Å²) in [5.41, 5.74) is 4.56. The largest absolute Gasteiger partial charge is 0.478 e. The number of thiophene rings is 1. The summed E-state index contributed by atoms with van der Waals surface area (Å²) >= 11 is 1.05. The molecule has 1 aromatic heterocycles. The van der Waals surface area contributed by atoms with Crippen LogP contribution in [-0.4, -0.2) is 11.1 Å². The van der Waals surface area contributed by atoms with Gasteiger partial charge >= 0.3 is 5.97 Å². The maximum atomic E-state index is 13.6. The molecule has 0 saturated heterocycles. The van der Waals surface area contributed by atoms with Gasteiger partial charge in [-0.2, -0.15) is 11.3 Å². The third-order valence-electron chi connectivity index (χ3n) is 2.57. The molecule has 100 valence electrons. The number of carboxylic acid groups (broad SMARTS) is 1. The van der Waals surface area contributed by atoms with Gasteiger partial charge in [0.25, 0.3) is 6.43 Å². The molecule has 0 atom stereocenters. The van der Waals surface area contributed by atoms with E-state index in [1.807, 2.05) is 0 Å². The summed E-state index contributed by atoms with van der Waals surface area (Å²) in [5, 5.41) is 11.5. The van der Waals surface area contributed by atoms with E-state index < -0.39 is 23.8 Å². The number of rotatable bonds is 3. The van der Waals surface area contributed by atoms with Crippen molar-refractivity contribution in [2.75, 3.05) is 5.73 Å². The second kappa shape index (κ2) is 4.93. The summed E-state index contributed by atoms with van der Waals surface area (Å²) in [4.78, 5) is 10.8. The van der Waals surface area contributed by atoms with Crippen LogP contribution < -0.4 is 5.73 Å². The molecule has 2 rings (SSSR count). The van der Waals surface area contributed by atoms with Crippen LogP contribution in [0.2, 0.25) is 0 Å². The number of nitrogen functional groups attached to an aromatic ring is 1. The fraction of sp³-hybridized carbons (Fsp3) is 0.0833. The highest BCUT2D eigenvalue weighted by atomic mass is 32.1. The summed E-state index contributed by atoms with van der Waals surface area (Å²) in [5.74, 6) is -2.55. The lowest BCUT2D eigenvalue weighted by atomic mass is 10.0. The number of nitrogens with two attached hydrogens (primary N) is 1. The van der Waals surface area contributed by atoms with Gasteiger partial charge in [0.1, 0.15) is 11.4 Å². The van der Waals surface area contributed by atoms with Gasteiger partial charge in [0, 0.05) is 22.2 Å². The Morgan fingerprint density at radius 2 is 2.00 bits per heavy atom. The molecule has 7 heteroatoms. The standard InChI is InChI=1S/C12H8F3NO2S/c13-8-1-5(2-9(16)10(8)12(17)18)6-3-19-4-7(6)11(14)15/h1-4,11H,16H2,(H,17,18). The molecule has 3 N–H and O–H groups in total. The van der Waals surface area contributed by atoms with Gasteiger partial charge in [-0.1, -0.05) is 0 Å². The monoisotopic (exact) mass is 287 g/mol. The van der Waals surface area contributed by atoms with Gasteiger partial charge in [0.2, 0.25) is 0 Å². The molecular formula is C12H8F3NO2S. The van der Waals surface area contributed by atoms with E-state index in [4.69, 9.17) is 10.8 Å². The predicted molar refractivity (Wildman–Crippen MR) is 66.0 cm³/mol. The van der Waals surface area contributed by atoms with Crippen molar-refractivity contribution in [2.45, 2.75) is 6.43 Å². The third-order valence-corrected chi connectivity index (χ3v) is 3.33. The molecule has 1 aromatic carbocycles.